The fraction of sp³-hybridized carbons (Fsp3) is 0.538. The summed E-state index contributed by atoms with van der Waals surface area (Å²) in [5.41, 5.74) is -0.0451. The van der Waals surface area contributed by atoms with Gasteiger partial charge in [-0.3, -0.25) is 0 Å². The van der Waals surface area contributed by atoms with Crippen molar-refractivity contribution >= 4 is 16.0 Å². The van der Waals surface area contributed by atoms with E-state index in [0.717, 1.165) is 6.20 Å². The van der Waals surface area contributed by atoms with Gasteiger partial charge in [0.15, 0.2) is 5.03 Å². The van der Waals surface area contributed by atoms with Gasteiger partial charge in [0.05, 0.1) is 18.3 Å². The molecule has 1 saturated heterocycles. The van der Waals surface area contributed by atoms with Crippen molar-refractivity contribution in [3.63, 3.8) is 0 Å². The molecule has 2 unspecified atom stereocenters. The summed E-state index contributed by atoms with van der Waals surface area (Å²) in [6, 6.07) is 2.24. The van der Waals surface area contributed by atoms with Crippen molar-refractivity contribution in [1.29, 1.82) is 0 Å². The molecule has 1 aliphatic heterocycles. The van der Waals surface area contributed by atoms with Gasteiger partial charge in [-0.2, -0.15) is 4.31 Å². The highest BCUT2D eigenvalue weighted by Crippen LogP contribution is 2.23. The average Bonchev–Trinajstić information content (AvgIpc) is 2.47. The summed E-state index contributed by atoms with van der Waals surface area (Å²) in [5, 5.41) is 8.69. The van der Waals surface area contributed by atoms with Crippen molar-refractivity contribution in [2.24, 2.45) is 0 Å². The van der Waals surface area contributed by atoms with Crippen LogP contribution in [0, 0.1) is 0 Å². The summed E-state index contributed by atoms with van der Waals surface area (Å²) < 4.78 is 32.2. The third kappa shape index (κ3) is 3.22. The van der Waals surface area contributed by atoms with E-state index in [-0.39, 0.29) is 29.3 Å². The van der Waals surface area contributed by atoms with Gasteiger partial charge in [-0.15, -0.1) is 0 Å². The number of hydrogen-bond donors (Lipinski definition) is 1. The lowest BCUT2D eigenvalue weighted by Gasteiger charge is -2.36. The van der Waals surface area contributed by atoms with E-state index in [1.807, 2.05) is 13.8 Å². The van der Waals surface area contributed by atoms with Gasteiger partial charge in [0, 0.05) is 18.8 Å². The van der Waals surface area contributed by atoms with E-state index in [1.165, 1.54) is 16.4 Å². The summed E-state index contributed by atoms with van der Waals surface area (Å²) in [7, 11) is -3.75. The number of hydrogen-bond acceptors (Lipinski definition) is 5. The van der Waals surface area contributed by atoms with Crippen molar-refractivity contribution in [2.75, 3.05) is 13.2 Å². The number of aromatic carboxylic acids is 1. The zero-order valence-electron chi connectivity index (χ0n) is 11.9. The Balaban J connectivity index is 2.33. The lowest BCUT2D eigenvalue weighted by molar-refractivity contribution is -0.0231. The predicted octanol–water partition coefficient (Wildman–Crippen LogP) is 0.968. The molecule has 0 amide bonds. The van der Waals surface area contributed by atoms with Crippen LogP contribution in [-0.2, 0) is 14.8 Å². The molecule has 0 bridgehead atoms. The van der Waals surface area contributed by atoms with Gasteiger partial charge in [-0.1, -0.05) is 6.92 Å². The van der Waals surface area contributed by atoms with Gasteiger partial charge >= 0.3 is 5.97 Å². The molecule has 21 heavy (non-hydrogen) atoms. The standard InChI is InChI=1S/C13H18N2O5S/c1-3-11-8-20-9(2)7-15(11)21(18,19)12-5-4-10(6-14-12)13(16)17/h4-6,9,11H,3,7-8H2,1-2H3,(H,16,17). The Kier molecular flexibility index (Phi) is 4.60. The van der Waals surface area contributed by atoms with Crippen LogP contribution in [0.1, 0.15) is 30.6 Å². The summed E-state index contributed by atoms with van der Waals surface area (Å²) in [6.45, 7) is 4.33. The summed E-state index contributed by atoms with van der Waals surface area (Å²) in [5.74, 6) is -1.14. The molecule has 0 aromatic carbocycles. The molecule has 0 saturated carbocycles. The molecule has 1 N–H and O–H groups in total. The van der Waals surface area contributed by atoms with Crippen LogP contribution in [0.25, 0.3) is 0 Å². The van der Waals surface area contributed by atoms with Gasteiger partial charge < -0.3 is 9.84 Å². The Morgan fingerprint density at radius 3 is 2.76 bits per heavy atom. The van der Waals surface area contributed by atoms with E-state index in [2.05, 4.69) is 4.98 Å². The number of nitrogens with zero attached hydrogens (tertiary/aromatic N) is 2. The number of carbonyl (C=O) groups is 1. The van der Waals surface area contributed by atoms with Crippen molar-refractivity contribution in [3.05, 3.63) is 23.9 Å². The van der Waals surface area contributed by atoms with Crippen LogP contribution in [0.2, 0.25) is 0 Å². The number of sulfonamides is 1. The summed E-state index contributed by atoms with van der Waals surface area (Å²) >= 11 is 0. The average molecular weight is 314 g/mol. The maximum atomic E-state index is 12.6. The monoisotopic (exact) mass is 314 g/mol. The number of pyridine rings is 1. The number of ether oxygens (including phenoxy) is 1. The quantitative estimate of drug-likeness (QED) is 0.889. The maximum absolute atomic E-state index is 12.6. The Morgan fingerprint density at radius 2 is 2.24 bits per heavy atom. The van der Waals surface area contributed by atoms with Crippen LogP contribution in [0.3, 0.4) is 0 Å². The first-order chi connectivity index (χ1) is 9.86. The van der Waals surface area contributed by atoms with Gasteiger partial charge in [0.1, 0.15) is 0 Å². The van der Waals surface area contributed by atoms with E-state index in [4.69, 9.17) is 9.84 Å². The van der Waals surface area contributed by atoms with Crippen LogP contribution in [0.5, 0.6) is 0 Å². The zero-order chi connectivity index (χ0) is 15.6. The maximum Gasteiger partial charge on any atom is 0.337 e. The highest BCUT2D eigenvalue weighted by molar-refractivity contribution is 7.89. The van der Waals surface area contributed by atoms with Crippen molar-refractivity contribution in [1.82, 2.24) is 9.29 Å². The Hall–Kier alpha value is -1.51. The van der Waals surface area contributed by atoms with Crippen LogP contribution in [0.15, 0.2) is 23.4 Å². The first kappa shape index (κ1) is 15.9. The molecule has 1 aromatic rings. The number of carboxylic acids is 1. The second kappa shape index (κ2) is 6.08. The Labute approximate surface area is 123 Å². The Bertz CT molecular complexity index is 614. The third-order valence-corrected chi connectivity index (χ3v) is 5.28. The van der Waals surface area contributed by atoms with Crippen molar-refractivity contribution in [2.45, 2.75) is 37.4 Å². The molecule has 7 nitrogen and oxygen atoms in total. The molecule has 2 heterocycles. The lowest BCUT2D eigenvalue weighted by Crippen LogP contribution is -2.51. The third-order valence-electron chi connectivity index (χ3n) is 3.45. The number of morpholine rings is 1. The second-order valence-corrected chi connectivity index (χ2v) is 6.81. The molecule has 1 aromatic heterocycles. The molecule has 0 radical (unpaired) electrons. The van der Waals surface area contributed by atoms with Crippen LogP contribution in [-0.4, -0.2) is 54.1 Å². The first-order valence-electron chi connectivity index (χ1n) is 6.69. The minimum Gasteiger partial charge on any atom is -0.478 e. The molecular formula is C13H18N2O5S. The molecular weight excluding hydrogens is 296 g/mol. The van der Waals surface area contributed by atoms with Crippen LogP contribution in [0.4, 0.5) is 0 Å². The smallest absolute Gasteiger partial charge is 0.337 e. The second-order valence-electron chi connectivity index (χ2n) is 4.97. The normalized spacial score (nSPS) is 23.9. The Morgan fingerprint density at radius 1 is 1.52 bits per heavy atom. The van der Waals surface area contributed by atoms with Gasteiger partial charge in [-0.05, 0) is 25.5 Å². The topological polar surface area (TPSA) is 96.8 Å². The molecule has 116 valence electrons. The SMILES string of the molecule is CCC1COC(C)CN1S(=O)(=O)c1ccc(C(=O)O)cn1. The molecule has 8 heteroatoms. The largest absolute Gasteiger partial charge is 0.478 e. The van der Waals surface area contributed by atoms with E-state index in [0.29, 0.717) is 13.0 Å². The van der Waals surface area contributed by atoms with E-state index in [1.54, 1.807) is 0 Å². The highest BCUT2D eigenvalue weighted by atomic mass is 32.2. The molecule has 0 spiro atoms. The molecule has 0 aliphatic carbocycles. The minimum atomic E-state index is -3.75. The predicted molar refractivity (Wildman–Crippen MR) is 74.6 cm³/mol. The van der Waals surface area contributed by atoms with Gasteiger partial charge in [0.25, 0.3) is 10.0 Å². The van der Waals surface area contributed by atoms with E-state index < -0.39 is 16.0 Å². The van der Waals surface area contributed by atoms with Crippen LogP contribution >= 0.6 is 0 Å². The number of aromatic nitrogens is 1. The van der Waals surface area contributed by atoms with Gasteiger partial charge in [-0.25, -0.2) is 18.2 Å². The molecule has 2 rings (SSSR count). The summed E-state index contributed by atoms with van der Waals surface area (Å²) in [4.78, 5) is 14.6. The minimum absolute atomic E-state index is 0.0451. The van der Waals surface area contributed by atoms with E-state index >= 15 is 0 Å². The fourth-order valence-electron chi connectivity index (χ4n) is 2.21. The molecule has 1 fully saturated rings. The molecule has 2 atom stereocenters. The van der Waals surface area contributed by atoms with E-state index in [9.17, 15) is 13.2 Å². The molecule has 1 aliphatic rings. The van der Waals surface area contributed by atoms with Crippen molar-refractivity contribution in [3.8, 4) is 0 Å². The van der Waals surface area contributed by atoms with Crippen molar-refractivity contribution < 1.29 is 23.1 Å². The van der Waals surface area contributed by atoms with Crippen LogP contribution < -0.4 is 0 Å². The van der Waals surface area contributed by atoms with Gasteiger partial charge in [0.2, 0.25) is 0 Å². The first-order valence-corrected chi connectivity index (χ1v) is 8.13. The summed E-state index contributed by atoms with van der Waals surface area (Å²) in [6.07, 6.45) is 1.51. The number of rotatable bonds is 4. The highest BCUT2D eigenvalue weighted by Gasteiger charge is 2.36. The fourth-order valence-corrected chi connectivity index (χ4v) is 3.88. The zero-order valence-corrected chi connectivity index (χ0v) is 12.7. The lowest BCUT2D eigenvalue weighted by atomic mass is 10.2. The number of carboxylic acid groups (broad SMARTS) is 1.